The van der Waals surface area contributed by atoms with Crippen LogP contribution in [-0.2, 0) is 0 Å². The van der Waals surface area contributed by atoms with Crippen molar-refractivity contribution in [3.05, 3.63) is 42.5 Å². The average molecular weight is 344 g/mol. The lowest BCUT2D eigenvalue weighted by atomic mass is 10.2. The smallest absolute Gasteiger partial charge is 0.142 e. The van der Waals surface area contributed by atoms with E-state index in [0.29, 0.717) is 0 Å². The molecule has 0 atom stereocenters. The standard InChI is InChI=1S/C20H28N2O3/c1-4-5-14-25-20-9-7-6-8-17(20)21-12-13-22-18-15-16(23-2)10-11-19(18)24-3/h6-11,15,21-22H,4-5,12-14H2,1-3H3. The first-order chi connectivity index (χ1) is 12.3. The minimum atomic E-state index is 0.743. The van der Waals surface area contributed by atoms with Gasteiger partial charge >= 0.3 is 0 Å². The number of unbranched alkanes of at least 4 members (excludes halogenated alkanes) is 1. The van der Waals surface area contributed by atoms with Crippen molar-refractivity contribution in [1.82, 2.24) is 0 Å². The molecule has 5 nitrogen and oxygen atoms in total. The van der Waals surface area contributed by atoms with E-state index in [4.69, 9.17) is 14.2 Å². The zero-order valence-corrected chi connectivity index (χ0v) is 15.3. The third kappa shape index (κ3) is 5.78. The highest BCUT2D eigenvalue weighted by atomic mass is 16.5. The molecule has 0 unspecified atom stereocenters. The second kappa shape index (κ2) is 10.3. The zero-order valence-electron chi connectivity index (χ0n) is 15.3. The fourth-order valence-corrected chi connectivity index (χ4v) is 2.41. The highest BCUT2D eigenvalue weighted by Gasteiger charge is 2.05. The highest BCUT2D eigenvalue weighted by molar-refractivity contribution is 5.60. The van der Waals surface area contributed by atoms with Gasteiger partial charge in [-0.1, -0.05) is 25.5 Å². The molecule has 2 N–H and O–H groups in total. The normalized spacial score (nSPS) is 10.2. The second-order valence-electron chi connectivity index (χ2n) is 5.62. The number of ether oxygens (including phenoxy) is 3. The van der Waals surface area contributed by atoms with Crippen LogP contribution in [0.15, 0.2) is 42.5 Å². The van der Waals surface area contributed by atoms with Gasteiger partial charge in [0.15, 0.2) is 0 Å². The number of rotatable bonds is 11. The van der Waals surface area contributed by atoms with Gasteiger partial charge in [0.1, 0.15) is 17.2 Å². The van der Waals surface area contributed by atoms with E-state index >= 15 is 0 Å². The first-order valence-corrected chi connectivity index (χ1v) is 8.70. The van der Waals surface area contributed by atoms with Crippen LogP contribution >= 0.6 is 0 Å². The molecular weight excluding hydrogens is 316 g/mol. The monoisotopic (exact) mass is 344 g/mol. The van der Waals surface area contributed by atoms with E-state index in [1.807, 2.05) is 42.5 Å². The number of anilines is 2. The van der Waals surface area contributed by atoms with E-state index in [1.165, 1.54) is 0 Å². The molecule has 2 aromatic rings. The van der Waals surface area contributed by atoms with E-state index in [-0.39, 0.29) is 0 Å². The van der Waals surface area contributed by atoms with Crippen LogP contribution in [0.2, 0.25) is 0 Å². The predicted molar refractivity (Wildman–Crippen MR) is 103 cm³/mol. The SMILES string of the molecule is CCCCOc1ccccc1NCCNc1cc(OC)ccc1OC. The van der Waals surface area contributed by atoms with Crippen LogP contribution in [-0.4, -0.2) is 33.9 Å². The lowest BCUT2D eigenvalue weighted by molar-refractivity contribution is 0.311. The summed E-state index contributed by atoms with van der Waals surface area (Å²) in [5.41, 5.74) is 1.93. The molecule has 2 rings (SSSR count). The van der Waals surface area contributed by atoms with E-state index < -0.39 is 0 Å². The van der Waals surface area contributed by atoms with Gasteiger partial charge in [0, 0.05) is 19.2 Å². The molecule has 0 aliphatic rings. The Bertz CT molecular complexity index is 647. The summed E-state index contributed by atoms with van der Waals surface area (Å²) in [5.74, 6) is 2.49. The minimum Gasteiger partial charge on any atom is -0.497 e. The highest BCUT2D eigenvalue weighted by Crippen LogP contribution is 2.29. The Labute approximate surface area is 150 Å². The molecule has 0 saturated heterocycles. The first-order valence-electron chi connectivity index (χ1n) is 8.70. The van der Waals surface area contributed by atoms with E-state index in [9.17, 15) is 0 Å². The Morgan fingerprint density at radius 3 is 2.32 bits per heavy atom. The van der Waals surface area contributed by atoms with Gasteiger partial charge in [-0.3, -0.25) is 0 Å². The molecule has 0 fully saturated rings. The molecule has 0 radical (unpaired) electrons. The van der Waals surface area contributed by atoms with Gasteiger partial charge in [-0.05, 0) is 30.7 Å². The number of benzene rings is 2. The molecule has 0 aromatic heterocycles. The Kier molecular flexibility index (Phi) is 7.76. The molecule has 136 valence electrons. The summed E-state index contributed by atoms with van der Waals surface area (Å²) < 4.78 is 16.5. The summed E-state index contributed by atoms with van der Waals surface area (Å²) in [6.07, 6.45) is 2.19. The number of hydrogen-bond donors (Lipinski definition) is 2. The van der Waals surface area contributed by atoms with Crippen molar-refractivity contribution in [1.29, 1.82) is 0 Å². The Hall–Kier alpha value is -2.56. The molecule has 0 heterocycles. The van der Waals surface area contributed by atoms with Crippen LogP contribution in [0.5, 0.6) is 17.2 Å². The maximum atomic E-state index is 5.84. The van der Waals surface area contributed by atoms with Gasteiger partial charge in [-0.15, -0.1) is 0 Å². The summed E-state index contributed by atoms with van der Waals surface area (Å²) in [6.45, 7) is 4.40. The number of nitrogens with one attached hydrogen (secondary N) is 2. The molecular formula is C20H28N2O3. The molecule has 2 aromatic carbocycles. The lowest BCUT2D eigenvalue weighted by Crippen LogP contribution is -2.14. The number of para-hydroxylation sites is 2. The third-order valence-corrected chi connectivity index (χ3v) is 3.81. The minimum absolute atomic E-state index is 0.743. The number of hydrogen-bond acceptors (Lipinski definition) is 5. The quantitative estimate of drug-likeness (QED) is 0.592. The summed E-state index contributed by atoms with van der Waals surface area (Å²) in [5, 5.41) is 6.79. The molecule has 0 aliphatic heterocycles. The lowest BCUT2D eigenvalue weighted by Gasteiger charge is -2.15. The summed E-state index contributed by atoms with van der Waals surface area (Å²) in [4.78, 5) is 0. The largest absolute Gasteiger partial charge is 0.497 e. The van der Waals surface area contributed by atoms with Crippen LogP contribution in [0, 0.1) is 0 Å². The Morgan fingerprint density at radius 1 is 0.840 bits per heavy atom. The van der Waals surface area contributed by atoms with Gasteiger partial charge in [0.05, 0.1) is 32.2 Å². The Balaban J connectivity index is 1.87. The molecule has 25 heavy (non-hydrogen) atoms. The van der Waals surface area contributed by atoms with Crippen molar-refractivity contribution in [2.24, 2.45) is 0 Å². The van der Waals surface area contributed by atoms with Gasteiger partial charge < -0.3 is 24.8 Å². The van der Waals surface area contributed by atoms with Crippen molar-refractivity contribution in [2.75, 3.05) is 44.5 Å². The van der Waals surface area contributed by atoms with Gasteiger partial charge in [-0.25, -0.2) is 0 Å². The van der Waals surface area contributed by atoms with Crippen LogP contribution < -0.4 is 24.8 Å². The summed E-state index contributed by atoms with van der Waals surface area (Å²) in [7, 11) is 3.32. The molecule has 5 heteroatoms. The maximum Gasteiger partial charge on any atom is 0.142 e. The van der Waals surface area contributed by atoms with E-state index in [1.54, 1.807) is 14.2 Å². The molecule has 0 bridgehead atoms. The van der Waals surface area contributed by atoms with Crippen LogP contribution in [0.25, 0.3) is 0 Å². The Morgan fingerprint density at radius 2 is 1.60 bits per heavy atom. The topological polar surface area (TPSA) is 51.8 Å². The van der Waals surface area contributed by atoms with Crippen molar-refractivity contribution in [3.63, 3.8) is 0 Å². The van der Waals surface area contributed by atoms with Crippen molar-refractivity contribution in [2.45, 2.75) is 19.8 Å². The average Bonchev–Trinajstić information content (AvgIpc) is 2.66. The fraction of sp³-hybridized carbons (Fsp3) is 0.400. The first kappa shape index (κ1) is 18.8. The second-order valence-corrected chi connectivity index (χ2v) is 5.62. The number of methoxy groups -OCH3 is 2. The summed E-state index contributed by atoms with van der Waals surface area (Å²) >= 11 is 0. The van der Waals surface area contributed by atoms with Gasteiger partial charge in [-0.2, -0.15) is 0 Å². The fourth-order valence-electron chi connectivity index (χ4n) is 2.41. The molecule has 0 amide bonds. The zero-order chi connectivity index (χ0) is 17.9. The summed E-state index contributed by atoms with van der Waals surface area (Å²) in [6, 6.07) is 13.7. The molecule has 0 aliphatic carbocycles. The van der Waals surface area contributed by atoms with E-state index in [0.717, 1.165) is 61.2 Å². The van der Waals surface area contributed by atoms with Crippen molar-refractivity contribution < 1.29 is 14.2 Å². The molecule has 0 spiro atoms. The maximum absolute atomic E-state index is 5.84. The van der Waals surface area contributed by atoms with Crippen molar-refractivity contribution in [3.8, 4) is 17.2 Å². The third-order valence-electron chi connectivity index (χ3n) is 3.81. The van der Waals surface area contributed by atoms with E-state index in [2.05, 4.69) is 17.6 Å². The molecule has 0 saturated carbocycles. The predicted octanol–water partition coefficient (Wildman–Crippen LogP) is 4.41. The van der Waals surface area contributed by atoms with Crippen molar-refractivity contribution >= 4 is 11.4 Å². The van der Waals surface area contributed by atoms with Gasteiger partial charge in [0.2, 0.25) is 0 Å². The van der Waals surface area contributed by atoms with Crippen LogP contribution in [0.1, 0.15) is 19.8 Å². The van der Waals surface area contributed by atoms with Gasteiger partial charge in [0.25, 0.3) is 0 Å². The van der Waals surface area contributed by atoms with Crippen LogP contribution in [0.3, 0.4) is 0 Å². The van der Waals surface area contributed by atoms with Crippen LogP contribution in [0.4, 0.5) is 11.4 Å².